The summed E-state index contributed by atoms with van der Waals surface area (Å²) in [6.07, 6.45) is 4.07. The van der Waals surface area contributed by atoms with E-state index in [9.17, 15) is 4.79 Å². The van der Waals surface area contributed by atoms with Gasteiger partial charge in [0.1, 0.15) is 0 Å². The van der Waals surface area contributed by atoms with Gasteiger partial charge in [-0.15, -0.1) is 11.3 Å². The normalized spacial score (nSPS) is 17.7. The van der Waals surface area contributed by atoms with Gasteiger partial charge in [-0.25, -0.2) is 9.78 Å². The highest BCUT2D eigenvalue weighted by molar-refractivity contribution is 7.09. The zero-order valence-electron chi connectivity index (χ0n) is 15.1. The molecule has 0 aliphatic carbocycles. The number of urea groups is 1. The van der Waals surface area contributed by atoms with Crippen LogP contribution in [0.1, 0.15) is 23.3 Å². The first-order chi connectivity index (χ1) is 12.7. The Bertz CT molecular complexity index is 675. The number of thiophene rings is 1. The highest BCUT2D eigenvalue weighted by atomic mass is 32.1. The number of pyridine rings is 1. The summed E-state index contributed by atoms with van der Waals surface area (Å²) in [5, 5.41) is 8.01. The number of piperidine rings is 1. The van der Waals surface area contributed by atoms with E-state index in [1.807, 2.05) is 17.4 Å². The number of ether oxygens (including phenoxy) is 1. The molecule has 26 heavy (non-hydrogen) atoms. The second-order valence-corrected chi connectivity index (χ2v) is 7.63. The fourth-order valence-corrected chi connectivity index (χ4v) is 3.95. The molecule has 1 saturated heterocycles. The highest BCUT2D eigenvalue weighted by Crippen LogP contribution is 2.19. The summed E-state index contributed by atoms with van der Waals surface area (Å²) in [4.78, 5) is 20.1. The minimum Gasteiger partial charge on any atom is -0.481 e. The zero-order chi connectivity index (χ0) is 18.2. The van der Waals surface area contributed by atoms with Crippen LogP contribution in [0.5, 0.6) is 5.88 Å². The number of likely N-dealkylation sites (tertiary alicyclic amines) is 1. The van der Waals surface area contributed by atoms with E-state index in [0.717, 1.165) is 25.2 Å². The van der Waals surface area contributed by atoms with Crippen LogP contribution < -0.4 is 15.4 Å². The van der Waals surface area contributed by atoms with Crippen molar-refractivity contribution in [1.82, 2.24) is 20.5 Å². The summed E-state index contributed by atoms with van der Waals surface area (Å²) in [5.41, 5.74) is 0.945. The van der Waals surface area contributed by atoms with Crippen molar-refractivity contribution in [1.29, 1.82) is 0 Å². The Hall–Kier alpha value is -2.12. The molecule has 1 aliphatic heterocycles. The third kappa shape index (κ3) is 5.71. The Morgan fingerprint density at radius 3 is 3.04 bits per heavy atom. The number of hydrogen-bond donors (Lipinski definition) is 2. The molecule has 6 nitrogen and oxygen atoms in total. The molecule has 2 N–H and O–H groups in total. The molecule has 1 aliphatic rings. The molecule has 0 spiro atoms. The first-order valence-corrected chi connectivity index (χ1v) is 9.86. The summed E-state index contributed by atoms with van der Waals surface area (Å²) in [5.74, 6) is 1.08. The van der Waals surface area contributed by atoms with Crippen LogP contribution in [0.15, 0.2) is 35.8 Å². The van der Waals surface area contributed by atoms with Gasteiger partial charge in [-0.1, -0.05) is 12.1 Å². The molecule has 1 atom stereocenters. The van der Waals surface area contributed by atoms with E-state index in [0.29, 0.717) is 24.9 Å². The summed E-state index contributed by atoms with van der Waals surface area (Å²) in [6, 6.07) is 7.85. The van der Waals surface area contributed by atoms with Crippen LogP contribution in [0.25, 0.3) is 0 Å². The number of nitrogens with one attached hydrogen (secondary N) is 2. The number of hydrogen-bond acceptors (Lipinski definition) is 5. The van der Waals surface area contributed by atoms with Gasteiger partial charge in [0, 0.05) is 43.3 Å². The average molecular weight is 375 g/mol. The first kappa shape index (κ1) is 18.7. The van der Waals surface area contributed by atoms with E-state index < -0.39 is 0 Å². The van der Waals surface area contributed by atoms with Crippen LogP contribution in [0.4, 0.5) is 4.79 Å². The SMILES string of the molecule is COc1ccc(CNC(=O)NC[C@@H]2CCCN(Cc3cccs3)C2)cn1. The van der Waals surface area contributed by atoms with Gasteiger partial charge in [-0.05, 0) is 42.3 Å². The van der Waals surface area contributed by atoms with Gasteiger partial charge < -0.3 is 15.4 Å². The number of carbonyl (C=O) groups is 1. The van der Waals surface area contributed by atoms with E-state index in [-0.39, 0.29) is 6.03 Å². The van der Waals surface area contributed by atoms with Crippen LogP contribution in [0, 0.1) is 5.92 Å². The van der Waals surface area contributed by atoms with Gasteiger partial charge in [0.05, 0.1) is 7.11 Å². The average Bonchev–Trinajstić information content (AvgIpc) is 3.18. The second-order valence-electron chi connectivity index (χ2n) is 6.60. The molecular weight excluding hydrogens is 348 g/mol. The molecule has 140 valence electrons. The fraction of sp³-hybridized carbons (Fsp3) is 0.474. The molecule has 0 bridgehead atoms. The van der Waals surface area contributed by atoms with Gasteiger partial charge in [0.15, 0.2) is 0 Å². The lowest BCUT2D eigenvalue weighted by molar-refractivity contribution is 0.166. The number of aromatic nitrogens is 1. The lowest BCUT2D eigenvalue weighted by atomic mass is 9.98. The van der Waals surface area contributed by atoms with E-state index in [4.69, 9.17) is 4.74 Å². The monoisotopic (exact) mass is 374 g/mol. The second kappa shape index (κ2) is 9.54. The molecule has 0 saturated carbocycles. The molecule has 2 amide bonds. The van der Waals surface area contributed by atoms with Gasteiger partial charge >= 0.3 is 6.03 Å². The van der Waals surface area contributed by atoms with Gasteiger partial charge in [0.2, 0.25) is 5.88 Å². The first-order valence-electron chi connectivity index (χ1n) is 8.98. The molecule has 0 unspecified atom stereocenters. The lowest BCUT2D eigenvalue weighted by Crippen LogP contribution is -2.43. The minimum absolute atomic E-state index is 0.129. The Balaban J connectivity index is 1.36. The fourth-order valence-electron chi connectivity index (χ4n) is 3.20. The molecular formula is C19H26N4O2S. The van der Waals surface area contributed by atoms with Crippen LogP contribution in [0.3, 0.4) is 0 Å². The summed E-state index contributed by atoms with van der Waals surface area (Å²) >= 11 is 1.81. The van der Waals surface area contributed by atoms with Crippen LogP contribution in [-0.2, 0) is 13.1 Å². The summed E-state index contributed by atoms with van der Waals surface area (Å²) < 4.78 is 5.03. The molecule has 7 heteroatoms. The largest absolute Gasteiger partial charge is 0.481 e. The highest BCUT2D eigenvalue weighted by Gasteiger charge is 2.20. The summed E-state index contributed by atoms with van der Waals surface area (Å²) in [6.45, 7) is 4.38. The maximum absolute atomic E-state index is 12.0. The third-order valence-electron chi connectivity index (χ3n) is 4.57. The predicted octanol–water partition coefficient (Wildman–Crippen LogP) is 2.86. The Morgan fingerprint density at radius 1 is 1.38 bits per heavy atom. The minimum atomic E-state index is -0.129. The maximum atomic E-state index is 12.0. The van der Waals surface area contributed by atoms with Crippen LogP contribution >= 0.6 is 11.3 Å². The molecule has 0 radical (unpaired) electrons. The number of methoxy groups -OCH3 is 1. The van der Waals surface area contributed by atoms with E-state index in [1.165, 1.54) is 17.7 Å². The number of carbonyl (C=O) groups excluding carboxylic acids is 1. The lowest BCUT2D eigenvalue weighted by Gasteiger charge is -2.32. The van der Waals surface area contributed by atoms with Crippen molar-refractivity contribution in [2.75, 3.05) is 26.7 Å². The van der Waals surface area contributed by atoms with Crippen molar-refractivity contribution in [2.24, 2.45) is 5.92 Å². The topological polar surface area (TPSA) is 66.5 Å². The van der Waals surface area contributed by atoms with Gasteiger partial charge in [0.25, 0.3) is 0 Å². The van der Waals surface area contributed by atoms with Crippen molar-refractivity contribution in [2.45, 2.75) is 25.9 Å². The van der Waals surface area contributed by atoms with E-state index >= 15 is 0 Å². The number of amides is 2. The van der Waals surface area contributed by atoms with Crippen molar-refractivity contribution in [3.8, 4) is 5.88 Å². The van der Waals surface area contributed by atoms with Gasteiger partial charge in [-0.2, -0.15) is 0 Å². The Morgan fingerprint density at radius 2 is 2.31 bits per heavy atom. The van der Waals surface area contributed by atoms with E-state index in [1.54, 1.807) is 19.4 Å². The third-order valence-corrected chi connectivity index (χ3v) is 5.43. The molecule has 2 aromatic rings. The van der Waals surface area contributed by atoms with Crippen LogP contribution in [0.2, 0.25) is 0 Å². The molecule has 3 rings (SSSR count). The molecule has 1 fully saturated rings. The molecule has 2 aromatic heterocycles. The van der Waals surface area contributed by atoms with E-state index in [2.05, 4.69) is 38.0 Å². The number of nitrogens with zero attached hydrogens (tertiary/aromatic N) is 2. The van der Waals surface area contributed by atoms with Gasteiger partial charge in [-0.3, -0.25) is 4.90 Å². The Kier molecular flexibility index (Phi) is 6.85. The number of rotatable bonds is 7. The predicted molar refractivity (Wildman–Crippen MR) is 103 cm³/mol. The smallest absolute Gasteiger partial charge is 0.315 e. The summed E-state index contributed by atoms with van der Waals surface area (Å²) in [7, 11) is 1.58. The molecule has 3 heterocycles. The maximum Gasteiger partial charge on any atom is 0.315 e. The van der Waals surface area contributed by atoms with Crippen molar-refractivity contribution in [3.63, 3.8) is 0 Å². The van der Waals surface area contributed by atoms with Crippen molar-refractivity contribution in [3.05, 3.63) is 46.3 Å². The van der Waals surface area contributed by atoms with Crippen molar-refractivity contribution < 1.29 is 9.53 Å². The van der Waals surface area contributed by atoms with Crippen LogP contribution in [-0.4, -0.2) is 42.7 Å². The van der Waals surface area contributed by atoms with Crippen molar-refractivity contribution >= 4 is 17.4 Å². The standard InChI is InChI=1S/C19H26N4O2S/c1-25-18-7-6-15(10-20-18)11-21-19(24)22-12-16-4-2-8-23(13-16)14-17-5-3-9-26-17/h3,5-7,9-10,16H,2,4,8,11-14H2,1H3,(H2,21,22,24)/t16-/m0/s1. The zero-order valence-corrected chi connectivity index (χ0v) is 15.9. The quantitative estimate of drug-likeness (QED) is 0.782. The molecule has 0 aromatic carbocycles. The Labute approximate surface area is 158 Å².